The summed E-state index contributed by atoms with van der Waals surface area (Å²) in [5, 5.41) is 16.7. The maximum Gasteiger partial charge on any atom is 0.254 e. The molecule has 1 amide bonds. The molecule has 1 aromatic heterocycles. The van der Waals surface area contributed by atoms with E-state index >= 15 is 0 Å². The molecule has 3 unspecified atom stereocenters. The molecule has 7 heteroatoms. The smallest absolute Gasteiger partial charge is 0.254 e. The van der Waals surface area contributed by atoms with Crippen LogP contribution in [0.5, 0.6) is 0 Å². The molecular weight excluding hydrogens is 316 g/mol. The zero-order valence-electron chi connectivity index (χ0n) is 12.5. The highest BCUT2D eigenvalue weighted by Gasteiger charge is 2.44. The molecule has 1 aliphatic heterocycles. The Balaban J connectivity index is 1.83. The first-order valence-electron chi connectivity index (χ1n) is 7.50. The molecule has 1 aromatic carbocycles. The molecule has 1 aliphatic rings. The number of rotatable bonds is 3. The van der Waals surface area contributed by atoms with Gasteiger partial charge in [-0.15, -0.1) is 11.6 Å². The van der Waals surface area contributed by atoms with E-state index in [0.29, 0.717) is 30.6 Å². The molecule has 3 atom stereocenters. The van der Waals surface area contributed by atoms with Crippen LogP contribution >= 0.6 is 11.6 Å². The van der Waals surface area contributed by atoms with E-state index < -0.39 is 17.1 Å². The fourth-order valence-corrected chi connectivity index (χ4v) is 3.19. The summed E-state index contributed by atoms with van der Waals surface area (Å²) in [5.41, 5.74) is 5.71. The number of hydrogen-bond acceptors (Lipinski definition) is 5. The van der Waals surface area contributed by atoms with E-state index in [-0.39, 0.29) is 5.91 Å². The van der Waals surface area contributed by atoms with E-state index in [2.05, 4.69) is 15.6 Å². The van der Waals surface area contributed by atoms with Crippen LogP contribution in [0.2, 0.25) is 0 Å². The third kappa shape index (κ3) is 3.03. The summed E-state index contributed by atoms with van der Waals surface area (Å²) in [6.45, 7) is 1.04. The second-order valence-corrected chi connectivity index (χ2v) is 6.27. The minimum absolute atomic E-state index is 0.371. The minimum Gasteiger partial charge on any atom is -0.385 e. The first kappa shape index (κ1) is 16.1. The topological polar surface area (TPSA) is 100 Å². The standard InChI is InChI=1S/C16H19ClN4O2/c17-12-9-19-8-6-16(12,23)15(18)21-14(22)11-5-1-3-10-4-2-7-20-13(10)11/h1-5,7,12,15,19,23H,6,8-9,18H2,(H,21,22). The van der Waals surface area contributed by atoms with Gasteiger partial charge >= 0.3 is 0 Å². The lowest BCUT2D eigenvalue weighted by Crippen LogP contribution is -2.66. The van der Waals surface area contributed by atoms with E-state index in [0.717, 1.165) is 5.39 Å². The van der Waals surface area contributed by atoms with Gasteiger partial charge in [-0.2, -0.15) is 0 Å². The number of piperidine rings is 1. The number of aromatic nitrogens is 1. The van der Waals surface area contributed by atoms with Gasteiger partial charge in [-0.3, -0.25) is 9.78 Å². The van der Waals surface area contributed by atoms with Crippen molar-refractivity contribution in [2.24, 2.45) is 5.73 Å². The van der Waals surface area contributed by atoms with Crippen molar-refractivity contribution in [3.63, 3.8) is 0 Å². The fraction of sp³-hybridized carbons (Fsp3) is 0.375. The van der Waals surface area contributed by atoms with Crippen molar-refractivity contribution in [1.29, 1.82) is 0 Å². The number of hydrogen-bond donors (Lipinski definition) is 4. The lowest BCUT2D eigenvalue weighted by Gasteiger charge is -2.41. The molecule has 0 bridgehead atoms. The molecule has 122 valence electrons. The summed E-state index contributed by atoms with van der Waals surface area (Å²) < 4.78 is 0. The normalized spacial score (nSPS) is 26.0. The summed E-state index contributed by atoms with van der Waals surface area (Å²) in [5.74, 6) is -0.377. The fourth-order valence-electron chi connectivity index (χ4n) is 2.83. The van der Waals surface area contributed by atoms with Gasteiger partial charge in [0.2, 0.25) is 0 Å². The van der Waals surface area contributed by atoms with Crippen LogP contribution in [0.15, 0.2) is 36.5 Å². The maximum atomic E-state index is 12.6. The maximum absolute atomic E-state index is 12.6. The van der Waals surface area contributed by atoms with Crippen LogP contribution in [0.4, 0.5) is 0 Å². The number of halogens is 1. The van der Waals surface area contributed by atoms with Crippen molar-refractivity contribution in [2.45, 2.75) is 23.6 Å². The predicted molar refractivity (Wildman–Crippen MR) is 89.3 cm³/mol. The summed E-state index contributed by atoms with van der Waals surface area (Å²) in [6.07, 6.45) is 1.04. The van der Waals surface area contributed by atoms with Crippen molar-refractivity contribution in [3.8, 4) is 0 Å². The van der Waals surface area contributed by atoms with Gasteiger partial charge in [-0.1, -0.05) is 18.2 Å². The Hall–Kier alpha value is -1.73. The highest BCUT2D eigenvalue weighted by Crippen LogP contribution is 2.25. The third-order valence-electron chi connectivity index (χ3n) is 4.27. The van der Waals surface area contributed by atoms with Crippen LogP contribution in [0, 0.1) is 0 Å². The Bertz CT molecular complexity index is 721. The van der Waals surface area contributed by atoms with Crippen molar-refractivity contribution < 1.29 is 9.90 Å². The second kappa shape index (κ2) is 6.41. The van der Waals surface area contributed by atoms with Crippen LogP contribution < -0.4 is 16.4 Å². The Morgan fingerprint density at radius 3 is 3.04 bits per heavy atom. The summed E-state index contributed by atoms with van der Waals surface area (Å²) in [7, 11) is 0. The Morgan fingerprint density at radius 2 is 2.26 bits per heavy atom. The number of benzene rings is 1. The Kier molecular flexibility index (Phi) is 4.50. The number of nitrogens with zero attached hydrogens (tertiary/aromatic N) is 1. The molecule has 2 aromatic rings. The molecule has 1 saturated heterocycles. The number of aliphatic hydroxyl groups is 1. The number of para-hydroxylation sites is 1. The molecule has 0 aliphatic carbocycles. The van der Waals surface area contributed by atoms with Gasteiger partial charge in [0.1, 0.15) is 11.8 Å². The Labute approximate surface area is 139 Å². The van der Waals surface area contributed by atoms with E-state index in [1.807, 2.05) is 18.2 Å². The summed E-state index contributed by atoms with van der Waals surface area (Å²) in [6, 6.07) is 9.05. The van der Waals surface area contributed by atoms with Gasteiger partial charge < -0.3 is 21.5 Å². The van der Waals surface area contributed by atoms with Crippen LogP contribution in [0.1, 0.15) is 16.8 Å². The van der Waals surface area contributed by atoms with E-state index in [9.17, 15) is 9.90 Å². The van der Waals surface area contributed by atoms with E-state index in [1.54, 1.807) is 18.3 Å². The van der Waals surface area contributed by atoms with Crippen LogP contribution in [-0.2, 0) is 0 Å². The van der Waals surface area contributed by atoms with E-state index in [4.69, 9.17) is 17.3 Å². The largest absolute Gasteiger partial charge is 0.385 e. The molecule has 2 heterocycles. The average molecular weight is 335 g/mol. The van der Waals surface area contributed by atoms with Gasteiger partial charge in [-0.25, -0.2) is 0 Å². The van der Waals surface area contributed by atoms with Crippen molar-refractivity contribution in [2.75, 3.05) is 13.1 Å². The first-order valence-corrected chi connectivity index (χ1v) is 7.93. The minimum atomic E-state index is -1.35. The zero-order chi connectivity index (χ0) is 16.4. The number of nitrogens with one attached hydrogen (secondary N) is 2. The van der Waals surface area contributed by atoms with Crippen molar-refractivity contribution in [1.82, 2.24) is 15.6 Å². The highest BCUT2D eigenvalue weighted by atomic mass is 35.5. The predicted octanol–water partition coefficient (Wildman–Crippen LogP) is 0.581. The molecule has 1 fully saturated rings. The number of carbonyl (C=O) groups excluding carboxylic acids is 1. The highest BCUT2D eigenvalue weighted by molar-refractivity contribution is 6.21. The number of fused-ring (bicyclic) bond motifs is 1. The quantitative estimate of drug-likeness (QED) is 0.486. The molecule has 6 nitrogen and oxygen atoms in total. The number of pyridine rings is 1. The zero-order valence-corrected chi connectivity index (χ0v) is 13.3. The second-order valence-electron chi connectivity index (χ2n) is 5.74. The van der Waals surface area contributed by atoms with Crippen molar-refractivity contribution in [3.05, 3.63) is 42.1 Å². The van der Waals surface area contributed by atoms with Gasteiger partial charge in [0, 0.05) is 18.1 Å². The number of alkyl halides is 1. The van der Waals surface area contributed by atoms with Crippen LogP contribution in [-0.4, -0.2) is 46.2 Å². The van der Waals surface area contributed by atoms with Crippen molar-refractivity contribution >= 4 is 28.4 Å². The first-order chi connectivity index (χ1) is 11.0. The van der Waals surface area contributed by atoms with Gasteiger partial charge in [-0.05, 0) is 25.1 Å². The summed E-state index contributed by atoms with van der Waals surface area (Å²) >= 11 is 6.19. The molecule has 0 radical (unpaired) electrons. The van der Waals surface area contributed by atoms with Gasteiger partial charge in [0.15, 0.2) is 0 Å². The van der Waals surface area contributed by atoms with Gasteiger partial charge in [0.25, 0.3) is 5.91 Å². The number of amides is 1. The third-order valence-corrected chi connectivity index (χ3v) is 4.80. The van der Waals surface area contributed by atoms with Gasteiger partial charge in [0.05, 0.1) is 16.5 Å². The van der Waals surface area contributed by atoms with Crippen LogP contribution in [0.3, 0.4) is 0 Å². The SMILES string of the molecule is NC(NC(=O)c1cccc2cccnc12)C1(O)CCNCC1Cl. The molecule has 0 saturated carbocycles. The molecule has 0 spiro atoms. The number of nitrogens with two attached hydrogens (primary N) is 1. The Morgan fingerprint density at radius 1 is 1.48 bits per heavy atom. The average Bonchev–Trinajstić information content (AvgIpc) is 2.57. The van der Waals surface area contributed by atoms with E-state index in [1.165, 1.54) is 0 Å². The lowest BCUT2D eigenvalue weighted by molar-refractivity contribution is -0.0176. The monoisotopic (exact) mass is 334 g/mol. The molecule has 3 rings (SSSR count). The molecule has 5 N–H and O–H groups in total. The van der Waals surface area contributed by atoms with Crippen LogP contribution in [0.25, 0.3) is 10.9 Å². The molecule has 23 heavy (non-hydrogen) atoms. The molecular formula is C16H19ClN4O2. The number of carbonyl (C=O) groups is 1. The lowest BCUT2D eigenvalue weighted by atomic mass is 9.88. The summed E-state index contributed by atoms with van der Waals surface area (Å²) in [4.78, 5) is 16.8.